The fourth-order valence-corrected chi connectivity index (χ4v) is 3.50. The number of carbonyl (C=O) groups excluding carboxylic acids is 1. The molecule has 1 saturated heterocycles. The number of likely N-dealkylation sites (tertiary alicyclic amines) is 1. The number of amides is 1. The van der Waals surface area contributed by atoms with E-state index in [4.69, 9.17) is 9.47 Å². The molecule has 2 aromatic carbocycles. The molecule has 1 aliphatic heterocycles. The minimum absolute atomic E-state index is 0.0702. The Morgan fingerprint density at radius 3 is 2.71 bits per heavy atom. The van der Waals surface area contributed by atoms with Gasteiger partial charge < -0.3 is 19.9 Å². The lowest BCUT2D eigenvalue weighted by atomic mass is 9.93. The number of rotatable bonds is 8. The van der Waals surface area contributed by atoms with Crippen LogP contribution in [0.2, 0.25) is 0 Å². The number of nitrogens with one attached hydrogen (secondary N) is 1. The number of aliphatic hydroxyl groups is 1. The van der Waals surface area contributed by atoms with Crippen molar-refractivity contribution in [1.82, 2.24) is 10.2 Å². The van der Waals surface area contributed by atoms with Gasteiger partial charge in [-0.3, -0.25) is 9.69 Å². The van der Waals surface area contributed by atoms with Crippen molar-refractivity contribution in [2.45, 2.75) is 25.0 Å². The zero-order chi connectivity index (χ0) is 19.8. The molecule has 150 valence electrons. The van der Waals surface area contributed by atoms with Gasteiger partial charge in [0.15, 0.2) is 0 Å². The molecule has 0 spiro atoms. The number of hydrogen-bond acceptors (Lipinski definition) is 5. The number of methoxy groups -OCH3 is 1. The maximum absolute atomic E-state index is 12.4. The van der Waals surface area contributed by atoms with Gasteiger partial charge in [-0.05, 0) is 37.6 Å². The van der Waals surface area contributed by atoms with E-state index in [0.29, 0.717) is 19.5 Å². The van der Waals surface area contributed by atoms with Crippen LogP contribution in [0, 0.1) is 0 Å². The quantitative estimate of drug-likeness (QED) is 0.730. The largest absolute Gasteiger partial charge is 0.496 e. The predicted molar refractivity (Wildman–Crippen MR) is 107 cm³/mol. The average molecular weight is 384 g/mol. The van der Waals surface area contributed by atoms with E-state index in [-0.39, 0.29) is 19.1 Å². The van der Waals surface area contributed by atoms with Gasteiger partial charge >= 0.3 is 0 Å². The van der Waals surface area contributed by atoms with Gasteiger partial charge in [0.05, 0.1) is 13.7 Å². The lowest BCUT2D eigenvalue weighted by Crippen LogP contribution is -2.53. The summed E-state index contributed by atoms with van der Waals surface area (Å²) >= 11 is 0. The van der Waals surface area contributed by atoms with Crippen LogP contribution in [0.5, 0.6) is 11.5 Å². The van der Waals surface area contributed by atoms with Crippen LogP contribution in [0.1, 0.15) is 18.4 Å². The minimum Gasteiger partial charge on any atom is -0.496 e. The normalized spacial score (nSPS) is 19.8. The molecule has 3 rings (SSSR count). The second kappa shape index (κ2) is 9.57. The molecule has 0 saturated carbocycles. The molecule has 0 aliphatic carbocycles. The zero-order valence-corrected chi connectivity index (χ0v) is 16.3. The summed E-state index contributed by atoms with van der Waals surface area (Å²) in [7, 11) is 1.62. The molecule has 2 aromatic rings. The molecule has 1 unspecified atom stereocenters. The summed E-state index contributed by atoms with van der Waals surface area (Å²) < 4.78 is 11.1. The molecule has 1 amide bonds. The van der Waals surface area contributed by atoms with Crippen molar-refractivity contribution in [3.05, 3.63) is 60.2 Å². The van der Waals surface area contributed by atoms with Crippen molar-refractivity contribution in [3.63, 3.8) is 0 Å². The molecule has 28 heavy (non-hydrogen) atoms. The number of nitrogens with zero attached hydrogens (tertiary/aromatic N) is 1. The van der Waals surface area contributed by atoms with Crippen molar-refractivity contribution >= 4 is 5.91 Å². The van der Waals surface area contributed by atoms with Crippen molar-refractivity contribution < 1.29 is 19.4 Å². The highest BCUT2D eigenvalue weighted by Gasteiger charge is 2.34. The molecule has 0 aromatic heterocycles. The Bertz CT molecular complexity index is 768. The van der Waals surface area contributed by atoms with Crippen molar-refractivity contribution in [3.8, 4) is 11.5 Å². The fraction of sp³-hybridized carbons (Fsp3) is 0.409. The third-order valence-electron chi connectivity index (χ3n) is 4.92. The molecule has 0 bridgehead atoms. The lowest BCUT2D eigenvalue weighted by Gasteiger charge is -2.38. The highest BCUT2D eigenvalue weighted by Crippen LogP contribution is 2.23. The molecule has 6 nitrogen and oxygen atoms in total. The predicted octanol–water partition coefficient (Wildman–Crippen LogP) is 2.22. The number of hydrogen-bond donors (Lipinski definition) is 2. The van der Waals surface area contributed by atoms with Crippen LogP contribution >= 0.6 is 0 Å². The van der Waals surface area contributed by atoms with Gasteiger partial charge in [-0.15, -0.1) is 0 Å². The number of ether oxygens (including phenoxy) is 2. The monoisotopic (exact) mass is 384 g/mol. The van der Waals surface area contributed by atoms with Gasteiger partial charge in [0.25, 0.3) is 0 Å². The second-order valence-corrected chi connectivity index (χ2v) is 7.23. The highest BCUT2D eigenvalue weighted by atomic mass is 16.5. The first-order valence-corrected chi connectivity index (χ1v) is 9.59. The van der Waals surface area contributed by atoms with Gasteiger partial charge in [-0.1, -0.05) is 36.4 Å². The van der Waals surface area contributed by atoms with Gasteiger partial charge in [-0.2, -0.15) is 0 Å². The van der Waals surface area contributed by atoms with Gasteiger partial charge in [-0.25, -0.2) is 0 Å². The molecule has 0 radical (unpaired) electrons. The summed E-state index contributed by atoms with van der Waals surface area (Å²) in [6.07, 6.45) is 1.49. The topological polar surface area (TPSA) is 71.0 Å². The van der Waals surface area contributed by atoms with Crippen molar-refractivity contribution in [2.75, 3.05) is 33.4 Å². The first-order valence-electron chi connectivity index (χ1n) is 9.59. The van der Waals surface area contributed by atoms with Crippen molar-refractivity contribution in [2.24, 2.45) is 0 Å². The SMILES string of the molecule is COc1ccccc1CNC(=O)CN1CCCC(O)(COc2ccccc2)C1. The van der Waals surface area contributed by atoms with Crippen LogP contribution in [0.25, 0.3) is 0 Å². The van der Waals surface area contributed by atoms with Gasteiger partial charge in [0.1, 0.15) is 23.7 Å². The van der Waals surface area contributed by atoms with Crippen LogP contribution in [-0.4, -0.2) is 54.9 Å². The van der Waals surface area contributed by atoms with E-state index in [9.17, 15) is 9.90 Å². The van der Waals surface area contributed by atoms with Crippen LogP contribution in [0.4, 0.5) is 0 Å². The zero-order valence-electron chi connectivity index (χ0n) is 16.3. The van der Waals surface area contributed by atoms with Crippen molar-refractivity contribution in [1.29, 1.82) is 0 Å². The van der Waals surface area contributed by atoms with E-state index in [1.165, 1.54) is 0 Å². The van der Waals surface area contributed by atoms with E-state index < -0.39 is 5.60 Å². The van der Waals surface area contributed by atoms with E-state index in [0.717, 1.165) is 30.0 Å². The maximum atomic E-state index is 12.4. The van der Waals surface area contributed by atoms with E-state index in [2.05, 4.69) is 5.32 Å². The number of β-amino-alcohol motifs (C(OH)–C–C–N with tert-alkyl or cyclic N) is 1. The van der Waals surface area contributed by atoms with Gasteiger partial charge in [0, 0.05) is 18.7 Å². The summed E-state index contributed by atoms with van der Waals surface area (Å²) in [5.41, 5.74) is -0.0124. The second-order valence-electron chi connectivity index (χ2n) is 7.23. The molecule has 1 atom stereocenters. The Morgan fingerprint density at radius 1 is 1.18 bits per heavy atom. The first kappa shape index (κ1) is 20.2. The smallest absolute Gasteiger partial charge is 0.234 e. The van der Waals surface area contributed by atoms with E-state index >= 15 is 0 Å². The third-order valence-corrected chi connectivity index (χ3v) is 4.92. The highest BCUT2D eigenvalue weighted by molar-refractivity contribution is 5.78. The number of piperidine rings is 1. The Kier molecular flexibility index (Phi) is 6.90. The summed E-state index contributed by atoms with van der Waals surface area (Å²) in [6, 6.07) is 17.1. The Labute approximate surface area is 166 Å². The summed E-state index contributed by atoms with van der Waals surface area (Å²) in [4.78, 5) is 14.3. The molecular weight excluding hydrogens is 356 g/mol. The Balaban J connectivity index is 1.47. The Morgan fingerprint density at radius 2 is 1.93 bits per heavy atom. The standard InChI is InChI=1S/C22H28N2O4/c1-27-20-11-6-5-8-18(20)14-23-21(25)15-24-13-7-12-22(26,16-24)17-28-19-9-3-2-4-10-19/h2-6,8-11,26H,7,12-17H2,1H3,(H,23,25). The van der Waals surface area contributed by atoms with E-state index in [1.807, 2.05) is 59.5 Å². The van der Waals surface area contributed by atoms with Crippen LogP contribution < -0.4 is 14.8 Å². The molecule has 1 aliphatic rings. The van der Waals surface area contributed by atoms with Crippen LogP contribution in [0.3, 0.4) is 0 Å². The number of carbonyl (C=O) groups is 1. The molecule has 2 N–H and O–H groups in total. The molecule has 1 heterocycles. The van der Waals surface area contributed by atoms with Gasteiger partial charge in [0.2, 0.25) is 5.91 Å². The van der Waals surface area contributed by atoms with E-state index in [1.54, 1.807) is 7.11 Å². The van der Waals surface area contributed by atoms with Crippen LogP contribution in [0.15, 0.2) is 54.6 Å². The summed E-state index contributed by atoms with van der Waals surface area (Å²) in [6.45, 7) is 2.09. The fourth-order valence-electron chi connectivity index (χ4n) is 3.50. The Hall–Kier alpha value is -2.57. The number of para-hydroxylation sites is 2. The third kappa shape index (κ3) is 5.71. The molecule has 6 heteroatoms. The lowest BCUT2D eigenvalue weighted by molar-refractivity contribution is -0.124. The molecular formula is C22H28N2O4. The number of benzene rings is 2. The van der Waals surface area contributed by atoms with Crippen LogP contribution in [-0.2, 0) is 11.3 Å². The summed E-state index contributed by atoms with van der Waals surface area (Å²) in [5.74, 6) is 1.43. The average Bonchev–Trinajstić information content (AvgIpc) is 2.72. The first-order chi connectivity index (χ1) is 13.6. The maximum Gasteiger partial charge on any atom is 0.234 e. The minimum atomic E-state index is -0.947. The summed E-state index contributed by atoms with van der Waals surface area (Å²) in [5, 5.41) is 13.8. The molecule has 1 fully saturated rings.